The van der Waals surface area contributed by atoms with E-state index in [4.69, 9.17) is 16.0 Å². The summed E-state index contributed by atoms with van der Waals surface area (Å²) in [6.45, 7) is 1.18. The molecule has 134 valence electrons. The van der Waals surface area contributed by atoms with Gasteiger partial charge in [0, 0.05) is 23.7 Å². The van der Waals surface area contributed by atoms with E-state index in [-0.39, 0.29) is 28.8 Å². The van der Waals surface area contributed by atoms with Crippen molar-refractivity contribution in [2.24, 2.45) is 0 Å². The molecular weight excluding hydrogens is 355 g/mol. The number of aromatic nitrogens is 1. The van der Waals surface area contributed by atoms with Gasteiger partial charge < -0.3 is 9.32 Å². The molecule has 2 aromatic carbocycles. The molecule has 1 fully saturated rings. The van der Waals surface area contributed by atoms with E-state index in [2.05, 4.69) is 4.98 Å². The van der Waals surface area contributed by atoms with Gasteiger partial charge in [-0.25, -0.2) is 9.37 Å². The second-order valence-electron chi connectivity index (χ2n) is 6.58. The molecule has 1 aliphatic heterocycles. The first-order valence-electron chi connectivity index (χ1n) is 8.68. The van der Waals surface area contributed by atoms with Crippen LogP contribution in [-0.4, -0.2) is 28.9 Å². The number of fused-ring (bicyclic) bond motifs is 1. The van der Waals surface area contributed by atoms with Crippen LogP contribution in [-0.2, 0) is 11.2 Å². The van der Waals surface area contributed by atoms with Crippen molar-refractivity contribution in [3.8, 4) is 0 Å². The number of oxazole rings is 1. The van der Waals surface area contributed by atoms with Crippen LogP contribution in [0.15, 0.2) is 46.9 Å². The third kappa shape index (κ3) is 3.31. The van der Waals surface area contributed by atoms with E-state index in [0.29, 0.717) is 19.0 Å². The van der Waals surface area contributed by atoms with Crippen LogP contribution in [0.5, 0.6) is 0 Å². The topological polar surface area (TPSA) is 46.3 Å². The molecule has 0 spiro atoms. The van der Waals surface area contributed by atoms with Gasteiger partial charge in [0.1, 0.15) is 11.3 Å². The molecule has 6 heteroatoms. The standard InChI is InChI=1S/C20H18ClFN2O2/c21-15-6-3-7-16(22)14(15)11-19(25)24-10-4-5-13(12-24)20-23-17-8-1-2-9-18(17)26-20/h1-3,6-9,13H,4-5,10-12H2/t13-/m1/s1. The van der Waals surface area contributed by atoms with Gasteiger partial charge in [0.05, 0.1) is 12.3 Å². The number of halogens is 2. The van der Waals surface area contributed by atoms with E-state index < -0.39 is 5.82 Å². The van der Waals surface area contributed by atoms with Crippen molar-refractivity contribution in [1.82, 2.24) is 9.88 Å². The summed E-state index contributed by atoms with van der Waals surface area (Å²) in [7, 11) is 0. The number of para-hydroxylation sites is 2. The summed E-state index contributed by atoms with van der Waals surface area (Å²) in [5, 5.41) is 0.283. The highest BCUT2D eigenvalue weighted by molar-refractivity contribution is 6.31. The van der Waals surface area contributed by atoms with E-state index in [1.165, 1.54) is 12.1 Å². The van der Waals surface area contributed by atoms with Crippen LogP contribution < -0.4 is 0 Å². The maximum Gasteiger partial charge on any atom is 0.227 e. The Morgan fingerprint density at radius 1 is 1.27 bits per heavy atom. The number of hydrogen-bond acceptors (Lipinski definition) is 3. The highest BCUT2D eigenvalue weighted by Crippen LogP contribution is 2.29. The lowest BCUT2D eigenvalue weighted by Gasteiger charge is -2.31. The average Bonchev–Trinajstić information content (AvgIpc) is 3.09. The molecule has 4 nitrogen and oxygen atoms in total. The van der Waals surface area contributed by atoms with Crippen LogP contribution in [0.3, 0.4) is 0 Å². The molecule has 0 bridgehead atoms. The number of amides is 1. The van der Waals surface area contributed by atoms with Crippen LogP contribution in [0, 0.1) is 5.82 Å². The second kappa shape index (κ2) is 7.08. The normalized spacial score (nSPS) is 17.6. The Labute approximate surface area is 155 Å². The van der Waals surface area contributed by atoms with Crippen LogP contribution in [0.4, 0.5) is 4.39 Å². The zero-order chi connectivity index (χ0) is 18.1. The van der Waals surface area contributed by atoms with Crippen LogP contribution in [0.2, 0.25) is 5.02 Å². The number of carbonyl (C=O) groups excluding carboxylic acids is 1. The molecule has 1 aliphatic rings. The first kappa shape index (κ1) is 17.0. The van der Waals surface area contributed by atoms with Crippen LogP contribution in [0.1, 0.15) is 30.2 Å². The predicted molar refractivity (Wildman–Crippen MR) is 97.7 cm³/mol. The van der Waals surface area contributed by atoms with Gasteiger partial charge in [-0.2, -0.15) is 0 Å². The Kier molecular flexibility index (Phi) is 4.64. The number of piperidine rings is 1. The monoisotopic (exact) mass is 372 g/mol. The Hall–Kier alpha value is -2.40. The van der Waals surface area contributed by atoms with Gasteiger partial charge in [-0.05, 0) is 37.1 Å². The summed E-state index contributed by atoms with van der Waals surface area (Å²) in [4.78, 5) is 19.0. The minimum atomic E-state index is -0.446. The Morgan fingerprint density at radius 3 is 2.92 bits per heavy atom. The second-order valence-corrected chi connectivity index (χ2v) is 6.98. The summed E-state index contributed by atoms with van der Waals surface area (Å²) < 4.78 is 19.8. The fourth-order valence-electron chi connectivity index (χ4n) is 3.43. The highest BCUT2D eigenvalue weighted by atomic mass is 35.5. The molecule has 1 saturated heterocycles. The van der Waals surface area contributed by atoms with E-state index >= 15 is 0 Å². The first-order valence-corrected chi connectivity index (χ1v) is 9.06. The lowest BCUT2D eigenvalue weighted by atomic mass is 9.97. The third-order valence-corrected chi connectivity index (χ3v) is 5.18. The SMILES string of the molecule is O=C(Cc1c(F)cccc1Cl)N1CCC[C@@H](c2nc3ccccc3o2)C1. The summed E-state index contributed by atoms with van der Waals surface area (Å²) >= 11 is 6.05. The zero-order valence-corrected chi connectivity index (χ0v) is 14.9. The van der Waals surface area contributed by atoms with Gasteiger partial charge in [0.15, 0.2) is 11.5 Å². The van der Waals surface area contributed by atoms with Crippen LogP contribution >= 0.6 is 11.6 Å². The van der Waals surface area contributed by atoms with Gasteiger partial charge in [-0.15, -0.1) is 0 Å². The molecule has 1 atom stereocenters. The van der Waals surface area contributed by atoms with Gasteiger partial charge in [0.2, 0.25) is 5.91 Å². The molecule has 0 saturated carbocycles. The van der Waals surface area contributed by atoms with Crippen molar-refractivity contribution in [2.75, 3.05) is 13.1 Å². The van der Waals surface area contributed by atoms with Gasteiger partial charge in [-0.1, -0.05) is 29.8 Å². The molecule has 0 unspecified atom stereocenters. The number of carbonyl (C=O) groups is 1. The zero-order valence-electron chi connectivity index (χ0n) is 14.1. The number of nitrogens with zero attached hydrogens (tertiary/aromatic N) is 2. The Morgan fingerprint density at radius 2 is 2.12 bits per heavy atom. The molecule has 0 aliphatic carbocycles. The fourth-order valence-corrected chi connectivity index (χ4v) is 3.66. The molecule has 2 heterocycles. The maximum atomic E-state index is 14.0. The van der Waals surface area contributed by atoms with Crippen LogP contribution in [0.25, 0.3) is 11.1 Å². The quantitative estimate of drug-likeness (QED) is 0.676. The molecule has 1 aromatic heterocycles. The van der Waals surface area contributed by atoms with Gasteiger partial charge in [-0.3, -0.25) is 4.79 Å². The van der Waals surface area contributed by atoms with Crippen molar-refractivity contribution in [2.45, 2.75) is 25.2 Å². The summed E-state index contributed by atoms with van der Waals surface area (Å²) in [6.07, 6.45) is 1.74. The lowest BCUT2D eigenvalue weighted by molar-refractivity contribution is -0.131. The molecule has 4 rings (SSSR count). The van der Waals surface area contributed by atoms with E-state index in [9.17, 15) is 9.18 Å². The summed E-state index contributed by atoms with van der Waals surface area (Å²) in [6, 6.07) is 12.1. The number of rotatable bonds is 3. The molecule has 1 amide bonds. The minimum Gasteiger partial charge on any atom is -0.440 e. The van der Waals surface area contributed by atoms with Gasteiger partial charge in [0.25, 0.3) is 0 Å². The van der Waals surface area contributed by atoms with Crippen molar-refractivity contribution >= 4 is 28.6 Å². The number of benzene rings is 2. The molecule has 0 radical (unpaired) electrons. The predicted octanol–water partition coefficient (Wildman–Crippen LogP) is 4.57. The maximum absolute atomic E-state index is 14.0. The van der Waals surface area contributed by atoms with E-state index in [0.717, 1.165) is 23.9 Å². The van der Waals surface area contributed by atoms with Crippen molar-refractivity contribution in [3.05, 3.63) is 64.8 Å². The third-order valence-electron chi connectivity index (χ3n) is 4.82. The van der Waals surface area contributed by atoms with Crippen molar-refractivity contribution in [1.29, 1.82) is 0 Å². The highest BCUT2D eigenvalue weighted by Gasteiger charge is 2.28. The number of hydrogen-bond donors (Lipinski definition) is 0. The average molecular weight is 373 g/mol. The Bertz CT molecular complexity index is 903. The lowest BCUT2D eigenvalue weighted by Crippen LogP contribution is -2.40. The first-order chi connectivity index (χ1) is 12.6. The number of likely N-dealkylation sites (tertiary alicyclic amines) is 1. The smallest absolute Gasteiger partial charge is 0.227 e. The summed E-state index contributed by atoms with van der Waals surface area (Å²) in [5.74, 6) is 0.139. The molecular formula is C20H18ClFN2O2. The fraction of sp³-hybridized carbons (Fsp3) is 0.300. The van der Waals surface area contributed by atoms with Crippen molar-refractivity contribution in [3.63, 3.8) is 0 Å². The molecule has 3 aromatic rings. The largest absolute Gasteiger partial charge is 0.440 e. The van der Waals surface area contributed by atoms with E-state index in [1.807, 2.05) is 24.3 Å². The summed E-state index contributed by atoms with van der Waals surface area (Å²) in [5.41, 5.74) is 1.83. The Balaban J connectivity index is 1.50. The molecule has 26 heavy (non-hydrogen) atoms. The van der Waals surface area contributed by atoms with Gasteiger partial charge >= 0.3 is 0 Å². The minimum absolute atomic E-state index is 0.0359. The molecule has 0 N–H and O–H groups in total. The van der Waals surface area contributed by atoms with Crippen molar-refractivity contribution < 1.29 is 13.6 Å². The van der Waals surface area contributed by atoms with E-state index in [1.54, 1.807) is 11.0 Å².